The van der Waals surface area contributed by atoms with Crippen molar-refractivity contribution in [3.8, 4) is 0 Å². The molecule has 1 rings (SSSR count). The Morgan fingerprint density at radius 2 is 2.12 bits per heavy atom. The molecule has 0 atom stereocenters. The zero-order chi connectivity index (χ0) is 13.2. The smallest absolute Gasteiger partial charge is 0.240 e. The molecule has 0 unspecified atom stereocenters. The van der Waals surface area contributed by atoms with Gasteiger partial charge < -0.3 is 5.32 Å². The number of hydrogen-bond donors (Lipinski definition) is 1. The number of anilines is 1. The fourth-order valence-electron chi connectivity index (χ4n) is 1.58. The molecule has 1 heterocycles. The van der Waals surface area contributed by atoms with Gasteiger partial charge in [0, 0.05) is 11.8 Å². The summed E-state index contributed by atoms with van der Waals surface area (Å²) in [7, 11) is 0. The third kappa shape index (κ3) is 3.46. The van der Waals surface area contributed by atoms with Gasteiger partial charge in [-0.3, -0.25) is 9.48 Å². The van der Waals surface area contributed by atoms with E-state index in [0.29, 0.717) is 11.7 Å². The van der Waals surface area contributed by atoms with Gasteiger partial charge in [0.2, 0.25) is 5.91 Å². The van der Waals surface area contributed by atoms with Gasteiger partial charge in [-0.1, -0.05) is 13.8 Å². The average molecular weight is 258 g/mol. The van der Waals surface area contributed by atoms with Crippen LogP contribution < -0.4 is 5.32 Å². The van der Waals surface area contributed by atoms with Crippen molar-refractivity contribution < 1.29 is 4.79 Å². The first-order valence-corrected chi connectivity index (χ1v) is 6.25. The summed E-state index contributed by atoms with van der Waals surface area (Å²) in [6.45, 7) is 10.5. The Hall–Kier alpha value is -1.03. The van der Waals surface area contributed by atoms with E-state index < -0.39 is 0 Å². The van der Waals surface area contributed by atoms with Gasteiger partial charge in [-0.15, -0.1) is 11.6 Å². The Bertz CT molecular complexity index is 404. The summed E-state index contributed by atoms with van der Waals surface area (Å²) >= 11 is 5.45. The maximum Gasteiger partial charge on any atom is 0.240 e. The van der Waals surface area contributed by atoms with Crippen LogP contribution in [0.1, 0.15) is 46.2 Å². The standard InChI is InChI=1S/C12H20ClN3O/c1-8(2)9-6-10(14-11(17)7-13)15-16(9)12(3,4)5/h6,8H,7H2,1-5H3,(H,14,15,17). The van der Waals surface area contributed by atoms with Crippen LogP contribution in [0, 0.1) is 0 Å². The lowest BCUT2D eigenvalue weighted by molar-refractivity contribution is -0.113. The Morgan fingerprint density at radius 1 is 1.53 bits per heavy atom. The van der Waals surface area contributed by atoms with Crippen molar-refractivity contribution in [1.29, 1.82) is 0 Å². The van der Waals surface area contributed by atoms with Gasteiger partial charge >= 0.3 is 0 Å². The van der Waals surface area contributed by atoms with Crippen molar-refractivity contribution >= 4 is 23.3 Å². The number of hydrogen-bond acceptors (Lipinski definition) is 2. The predicted molar refractivity (Wildman–Crippen MR) is 70.7 cm³/mol. The Labute approximate surface area is 107 Å². The maximum absolute atomic E-state index is 11.2. The van der Waals surface area contributed by atoms with Crippen molar-refractivity contribution in [1.82, 2.24) is 9.78 Å². The monoisotopic (exact) mass is 257 g/mol. The third-order valence-electron chi connectivity index (χ3n) is 2.35. The van der Waals surface area contributed by atoms with Crippen LogP contribution in [-0.2, 0) is 10.3 Å². The van der Waals surface area contributed by atoms with Crippen molar-refractivity contribution in [3.63, 3.8) is 0 Å². The molecule has 0 radical (unpaired) electrons. The fourth-order valence-corrected chi connectivity index (χ4v) is 1.65. The van der Waals surface area contributed by atoms with Crippen LogP contribution in [-0.4, -0.2) is 21.6 Å². The molecule has 17 heavy (non-hydrogen) atoms. The van der Waals surface area contributed by atoms with Crippen LogP contribution in [0.25, 0.3) is 0 Å². The van der Waals surface area contributed by atoms with Crippen LogP contribution >= 0.6 is 11.6 Å². The highest BCUT2D eigenvalue weighted by atomic mass is 35.5. The highest BCUT2D eigenvalue weighted by Crippen LogP contribution is 2.25. The van der Waals surface area contributed by atoms with E-state index in [1.807, 2.05) is 10.7 Å². The third-order valence-corrected chi connectivity index (χ3v) is 2.60. The molecule has 0 aromatic carbocycles. The molecule has 0 fully saturated rings. The van der Waals surface area contributed by atoms with E-state index in [9.17, 15) is 4.79 Å². The van der Waals surface area contributed by atoms with Crippen LogP contribution in [0.5, 0.6) is 0 Å². The second kappa shape index (κ2) is 5.08. The van der Waals surface area contributed by atoms with Gasteiger partial charge in [0.1, 0.15) is 5.88 Å². The largest absolute Gasteiger partial charge is 0.308 e. The summed E-state index contributed by atoms with van der Waals surface area (Å²) < 4.78 is 1.95. The lowest BCUT2D eigenvalue weighted by Crippen LogP contribution is -2.26. The lowest BCUT2D eigenvalue weighted by atomic mass is 10.1. The fraction of sp³-hybridized carbons (Fsp3) is 0.667. The molecule has 0 spiro atoms. The van der Waals surface area contributed by atoms with E-state index in [2.05, 4.69) is 45.0 Å². The molecule has 1 aromatic heterocycles. The van der Waals surface area contributed by atoms with Gasteiger partial charge in [-0.05, 0) is 26.7 Å². The first-order chi connectivity index (χ1) is 7.75. The van der Waals surface area contributed by atoms with E-state index in [4.69, 9.17) is 11.6 Å². The number of rotatable bonds is 3. The molecule has 0 aliphatic carbocycles. The maximum atomic E-state index is 11.2. The summed E-state index contributed by atoms with van der Waals surface area (Å²) in [6, 6.07) is 1.90. The minimum atomic E-state index is -0.236. The van der Waals surface area contributed by atoms with Crippen LogP contribution in [0.15, 0.2) is 6.07 Å². The van der Waals surface area contributed by atoms with Gasteiger partial charge in [0.15, 0.2) is 5.82 Å². The summed E-state index contributed by atoms with van der Waals surface area (Å²) in [5.41, 5.74) is 0.992. The van der Waals surface area contributed by atoms with Crippen LogP contribution in [0.2, 0.25) is 0 Å². The summed E-state index contributed by atoms with van der Waals surface area (Å²) in [5.74, 6) is 0.623. The quantitative estimate of drug-likeness (QED) is 0.847. The summed E-state index contributed by atoms with van der Waals surface area (Å²) in [6.07, 6.45) is 0. The van der Waals surface area contributed by atoms with Gasteiger partial charge in [0.25, 0.3) is 0 Å². The average Bonchev–Trinajstić information content (AvgIpc) is 2.61. The SMILES string of the molecule is CC(C)c1cc(NC(=O)CCl)nn1C(C)(C)C. The second-order valence-corrected chi connectivity index (χ2v) is 5.64. The van der Waals surface area contributed by atoms with E-state index in [-0.39, 0.29) is 17.3 Å². The zero-order valence-electron chi connectivity index (χ0n) is 11.0. The van der Waals surface area contributed by atoms with Crippen LogP contribution in [0.4, 0.5) is 5.82 Å². The molecular formula is C12H20ClN3O. The van der Waals surface area contributed by atoms with E-state index in [0.717, 1.165) is 5.69 Å². The number of alkyl halides is 1. The van der Waals surface area contributed by atoms with Crippen molar-refractivity contribution in [2.45, 2.75) is 46.1 Å². The second-order valence-electron chi connectivity index (χ2n) is 5.37. The summed E-state index contributed by atoms with van der Waals surface area (Å²) in [5, 5.41) is 7.09. The Morgan fingerprint density at radius 3 is 2.47 bits per heavy atom. The minimum Gasteiger partial charge on any atom is -0.308 e. The number of aromatic nitrogens is 2. The highest BCUT2D eigenvalue weighted by Gasteiger charge is 2.21. The van der Waals surface area contributed by atoms with Gasteiger partial charge in [-0.25, -0.2) is 0 Å². The normalized spacial score (nSPS) is 11.9. The van der Waals surface area contributed by atoms with E-state index in [1.54, 1.807) is 0 Å². The molecular weight excluding hydrogens is 238 g/mol. The minimum absolute atomic E-state index is 0.0562. The predicted octanol–water partition coefficient (Wildman–Crippen LogP) is 2.94. The molecule has 5 heteroatoms. The Balaban J connectivity index is 3.09. The molecule has 0 saturated heterocycles. The summed E-state index contributed by atoms with van der Waals surface area (Å²) in [4.78, 5) is 11.2. The molecule has 0 saturated carbocycles. The zero-order valence-corrected chi connectivity index (χ0v) is 11.8. The van der Waals surface area contributed by atoms with Crippen molar-refractivity contribution in [3.05, 3.63) is 11.8 Å². The topological polar surface area (TPSA) is 46.9 Å². The van der Waals surface area contributed by atoms with E-state index in [1.165, 1.54) is 0 Å². The first kappa shape index (κ1) is 14.0. The Kier molecular flexibility index (Phi) is 4.20. The lowest BCUT2D eigenvalue weighted by Gasteiger charge is -2.23. The molecule has 1 aromatic rings. The molecule has 0 aliphatic rings. The van der Waals surface area contributed by atoms with Crippen molar-refractivity contribution in [2.75, 3.05) is 11.2 Å². The molecule has 1 N–H and O–H groups in total. The number of nitrogens with zero attached hydrogens (tertiary/aromatic N) is 2. The molecule has 0 bridgehead atoms. The number of halogens is 1. The molecule has 1 amide bonds. The number of carbonyl (C=O) groups excluding carboxylic acids is 1. The number of nitrogens with one attached hydrogen (secondary N) is 1. The van der Waals surface area contributed by atoms with Crippen LogP contribution in [0.3, 0.4) is 0 Å². The van der Waals surface area contributed by atoms with Crippen molar-refractivity contribution in [2.24, 2.45) is 0 Å². The van der Waals surface area contributed by atoms with Gasteiger partial charge in [0.05, 0.1) is 5.54 Å². The highest BCUT2D eigenvalue weighted by molar-refractivity contribution is 6.28. The number of carbonyl (C=O) groups is 1. The van der Waals surface area contributed by atoms with E-state index >= 15 is 0 Å². The molecule has 4 nitrogen and oxygen atoms in total. The first-order valence-electron chi connectivity index (χ1n) is 5.72. The number of amides is 1. The van der Waals surface area contributed by atoms with Gasteiger partial charge in [-0.2, -0.15) is 5.10 Å². The molecule has 0 aliphatic heterocycles. The molecule has 96 valence electrons.